The molecule has 0 N–H and O–H groups in total. The van der Waals surface area contributed by atoms with Gasteiger partial charge in [-0.25, -0.2) is 9.18 Å². The van der Waals surface area contributed by atoms with E-state index in [-0.39, 0.29) is 23.8 Å². The van der Waals surface area contributed by atoms with Crippen molar-refractivity contribution in [3.8, 4) is 0 Å². The minimum atomic E-state index is -0.619. The minimum Gasteiger partial charge on any atom is -0.444 e. The van der Waals surface area contributed by atoms with E-state index in [9.17, 15) is 14.0 Å². The first kappa shape index (κ1) is 21.2. The van der Waals surface area contributed by atoms with Crippen molar-refractivity contribution in [3.05, 3.63) is 35.6 Å². The maximum Gasteiger partial charge on any atom is 0.410 e. The topological polar surface area (TPSA) is 49.9 Å². The average Bonchev–Trinajstić information content (AvgIpc) is 2.52. The predicted molar refractivity (Wildman–Crippen MR) is 103 cm³/mol. The van der Waals surface area contributed by atoms with Gasteiger partial charge in [-0.2, -0.15) is 0 Å². The van der Waals surface area contributed by atoms with E-state index in [0.717, 1.165) is 5.56 Å². The molecule has 0 saturated carbocycles. The highest BCUT2D eigenvalue weighted by atomic mass is 19.1. The Morgan fingerprint density at radius 3 is 2.04 bits per heavy atom. The van der Waals surface area contributed by atoms with Crippen LogP contribution in [0, 0.1) is 11.2 Å². The van der Waals surface area contributed by atoms with Crippen LogP contribution in [0.1, 0.15) is 60.1 Å². The highest BCUT2D eigenvalue weighted by molar-refractivity contribution is 5.82. The first-order valence-corrected chi connectivity index (χ1v) is 9.36. The number of hydrogen-bond acceptors (Lipinski definition) is 3. The number of hydrogen-bond donors (Lipinski definition) is 0. The summed E-state index contributed by atoms with van der Waals surface area (Å²) < 4.78 is 19.0. The van der Waals surface area contributed by atoms with Gasteiger partial charge in [0.05, 0.1) is 6.04 Å². The number of piperazine rings is 1. The van der Waals surface area contributed by atoms with Gasteiger partial charge >= 0.3 is 6.09 Å². The van der Waals surface area contributed by atoms with Crippen LogP contribution >= 0.6 is 0 Å². The molecule has 1 aliphatic heterocycles. The van der Waals surface area contributed by atoms with Gasteiger partial charge in [0, 0.05) is 24.5 Å². The van der Waals surface area contributed by atoms with Crippen molar-refractivity contribution < 1.29 is 18.7 Å². The van der Waals surface area contributed by atoms with Crippen LogP contribution in [0.5, 0.6) is 0 Å². The summed E-state index contributed by atoms with van der Waals surface area (Å²) in [6.07, 6.45) is -0.425. The minimum absolute atomic E-state index is 0.0333. The molecule has 150 valence electrons. The molecule has 2 atom stereocenters. The number of rotatable bonds is 1. The summed E-state index contributed by atoms with van der Waals surface area (Å²) in [4.78, 5) is 29.2. The molecule has 1 aliphatic rings. The summed E-state index contributed by atoms with van der Waals surface area (Å²) in [5.74, 6) is -0.305. The Bertz CT molecular complexity index is 689. The molecule has 1 aromatic carbocycles. The van der Waals surface area contributed by atoms with E-state index in [1.807, 2.05) is 53.4 Å². The van der Waals surface area contributed by atoms with Crippen LogP contribution in [0.3, 0.4) is 0 Å². The number of amides is 2. The lowest BCUT2D eigenvalue weighted by Gasteiger charge is -2.47. The van der Waals surface area contributed by atoms with Gasteiger partial charge in [0.25, 0.3) is 0 Å². The third-order valence-electron chi connectivity index (χ3n) is 4.52. The monoisotopic (exact) mass is 378 g/mol. The van der Waals surface area contributed by atoms with Gasteiger partial charge in [0.2, 0.25) is 5.91 Å². The Morgan fingerprint density at radius 2 is 1.56 bits per heavy atom. The van der Waals surface area contributed by atoms with Crippen molar-refractivity contribution in [1.29, 1.82) is 0 Å². The Kier molecular flexibility index (Phi) is 5.88. The maximum absolute atomic E-state index is 13.4. The zero-order valence-electron chi connectivity index (χ0n) is 17.4. The molecule has 2 amide bonds. The van der Waals surface area contributed by atoms with Crippen LogP contribution in [0.4, 0.5) is 9.18 Å². The fourth-order valence-corrected chi connectivity index (χ4v) is 3.18. The zero-order valence-corrected chi connectivity index (χ0v) is 17.4. The Morgan fingerprint density at radius 1 is 1.00 bits per heavy atom. The van der Waals surface area contributed by atoms with Gasteiger partial charge in [0.1, 0.15) is 11.4 Å². The predicted octanol–water partition coefficient (Wildman–Crippen LogP) is 4.38. The molecule has 2 rings (SSSR count). The number of halogens is 1. The van der Waals surface area contributed by atoms with Crippen molar-refractivity contribution >= 4 is 12.0 Å². The van der Waals surface area contributed by atoms with E-state index in [2.05, 4.69) is 0 Å². The number of carbonyl (C=O) groups excluding carboxylic acids is 2. The highest BCUT2D eigenvalue weighted by Gasteiger charge is 2.41. The van der Waals surface area contributed by atoms with Crippen LogP contribution in [0.2, 0.25) is 0 Å². The van der Waals surface area contributed by atoms with Crippen molar-refractivity contribution in [3.63, 3.8) is 0 Å². The molecule has 1 fully saturated rings. The Labute approximate surface area is 161 Å². The van der Waals surface area contributed by atoms with Gasteiger partial charge in [-0.05, 0) is 45.4 Å². The molecule has 1 saturated heterocycles. The fourth-order valence-electron chi connectivity index (χ4n) is 3.18. The maximum atomic E-state index is 13.4. The van der Waals surface area contributed by atoms with Gasteiger partial charge in [-0.15, -0.1) is 0 Å². The van der Waals surface area contributed by atoms with Gasteiger partial charge in [-0.1, -0.05) is 32.9 Å². The lowest BCUT2D eigenvalue weighted by Crippen LogP contribution is -2.59. The van der Waals surface area contributed by atoms with E-state index in [0.29, 0.717) is 13.1 Å². The number of ether oxygens (including phenoxy) is 1. The van der Waals surface area contributed by atoms with Crippen LogP contribution in [0.25, 0.3) is 0 Å². The lowest BCUT2D eigenvalue weighted by atomic mass is 9.91. The first-order valence-electron chi connectivity index (χ1n) is 9.36. The summed E-state index contributed by atoms with van der Waals surface area (Å²) in [6.45, 7) is 13.8. The third kappa shape index (κ3) is 5.21. The molecule has 27 heavy (non-hydrogen) atoms. The van der Waals surface area contributed by atoms with Crippen LogP contribution in [-0.4, -0.2) is 46.5 Å². The second kappa shape index (κ2) is 7.49. The second-order valence-corrected chi connectivity index (χ2v) is 9.26. The van der Waals surface area contributed by atoms with Gasteiger partial charge in [0.15, 0.2) is 0 Å². The largest absolute Gasteiger partial charge is 0.444 e. The molecule has 0 aromatic heterocycles. The molecule has 5 nitrogen and oxygen atoms in total. The van der Waals surface area contributed by atoms with Gasteiger partial charge in [-0.3, -0.25) is 9.69 Å². The molecular formula is C21H31FN2O3. The smallest absolute Gasteiger partial charge is 0.410 e. The summed E-state index contributed by atoms with van der Waals surface area (Å²) >= 11 is 0. The van der Waals surface area contributed by atoms with E-state index in [1.165, 1.54) is 12.1 Å². The van der Waals surface area contributed by atoms with E-state index in [1.54, 1.807) is 17.0 Å². The number of nitrogens with zero attached hydrogens (tertiary/aromatic N) is 2. The number of carbonyl (C=O) groups is 2. The summed E-state index contributed by atoms with van der Waals surface area (Å²) in [5.41, 5.74) is -0.359. The van der Waals surface area contributed by atoms with Crippen LogP contribution < -0.4 is 0 Å². The summed E-state index contributed by atoms with van der Waals surface area (Å²) in [6, 6.07) is 5.54. The molecular weight excluding hydrogens is 347 g/mol. The van der Waals surface area contributed by atoms with E-state index >= 15 is 0 Å². The summed E-state index contributed by atoms with van der Waals surface area (Å²) in [7, 11) is 0. The first-order chi connectivity index (χ1) is 12.3. The van der Waals surface area contributed by atoms with Crippen molar-refractivity contribution in [2.75, 3.05) is 13.1 Å². The summed E-state index contributed by atoms with van der Waals surface area (Å²) in [5, 5.41) is 0. The highest BCUT2D eigenvalue weighted by Crippen LogP contribution is 2.32. The normalized spacial score (nSPS) is 21.2. The van der Waals surface area contributed by atoms with Crippen LogP contribution in [0.15, 0.2) is 24.3 Å². The molecule has 0 radical (unpaired) electrons. The van der Waals surface area contributed by atoms with Crippen molar-refractivity contribution in [2.45, 2.75) is 66.2 Å². The lowest BCUT2D eigenvalue weighted by molar-refractivity contribution is -0.145. The third-order valence-corrected chi connectivity index (χ3v) is 4.52. The SMILES string of the molecule is C[C@@H]1CN(C(=O)OC(C)(C)C)[C@H](c2ccc(F)cc2)CN1C(=O)C(C)(C)C. The number of benzene rings is 1. The molecule has 0 aliphatic carbocycles. The van der Waals surface area contributed by atoms with E-state index < -0.39 is 17.1 Å². The molecule has 6 heteroatoms. The van der Waals surface area contributed by atoms with Crippen molar-refractivity contribution in [2.24, 2.45) is 5.41 Å². The van der Waals surface area contributed by atoms with Crippen LogP contribution in [-0.2, 0) is 9.53 Å². The fraction of sp³-hybridized carbons (Fsp3) is 0.619. The second-order valence-electron chi connectivity index (χ2n) is 9.26. The Balaban J connectivity index is 2.37. The standard InChI is InChI=1S/C21H31FN2O3/c1-14-12-24(19(26)27-21(5,6)7)17(15-8-10-16(22)11-9-15)13-23(14)18(25)20(2,3)4/h8-11,14,17H,12-13H2,1-7H3/t14-,17+/m1/s1. The molecule has 1 heterocycles. The molecule has 0 spiro atoms. The quantitative estimate of drug-likeness (QED) is 0.729. The van der Waals surface area contributed by atoms with E-state index in [4.69, 9.17) is 4.74 Å². The Hall–Kier alpha value is -2.11. The van der Waals surface area contributed by atoms with Crippen molar-refractivity contribution in [1.82, 2.24) is 9.80 Å². The molecule has 0 unspecified atom stereocenters. The average molecular weight is 378 g/mol. The zero-order chi connectivity index (χ0) is 20.6. The van der Waals surface area contributed by atoms with Gasteiger partial charge < -0.3 is 9.64 Å². The molecule has 1 aromatic rings. The molecule has 0 bridgehead atoms.